The van der Waals surface area contributed by atoms with Gasteiger partial charge in [-0.25, -0.2) is 0 Å². The van der Waals surface area contributed by atoms with Gasteiger partial charge in [0.2, 0.25) is 11.8 Å². The minimum Gasteiger partial charge on any atom is -0.422 e. The van der Waals surface area contributed by atoms with Crippen molar-refractivity contribution >= 4 is 16.8 Å². The molecule has 0 radical (unpaired) electrons. The van der Waals surface area contributed by atoms with Gasteiger partial charge in [-0.05, 0) is 23.3 Å². The number of rotatable bonds is 2. The van der Waals surface area contributed by atoms with Gasteiger partial charge in [0.1, 0.15) is 5.92 Å². The first-order valence-corrected chi connectivity index (χ1v) is 8.91. The fourth-order valence-electron chi connectivity index (χ4n) is 3.87. The maximum Gasteiger partial charge on any atom is 0.244 e. The van der Waals surface area contributed by atoms with Crippen LogP contribution in [-0.4, -0.2) is 21.1 Å². The molecule has 0 amide bonds. The molecule has 1 aliphatic heterocycles. The average Bonchev–Trinajstić information content (AvgIpc) is 3.16. The predicted molar refractivity (Wildman–Crippen MR) is 105 cm³/mol. The molecule has 6 nitrogen and oxygen atoms in total. The summed E-state index contributed by atoms with van der Waals surface area (Å²) in [6, 6.07) is 21.8. The molecule has 2 aromatic heterocycles. The van der Waals surface area contributed by atoms with E-state index in [0.717, 1.165) is 33.3 Å². The Labute approximate surface area is 160 Å². The van der Waals surface area contributed by atoms with Gasteiger partial charge in [-0.15, -0.1) is 5.10 Å². The van der Waals surface area contributed by atoms with Gasteiger partial charge in [-0.1, -0.05) is 48.5 Å². The molecule has 4 aromatic rings. The molecule has 2 unspecified atom stereocenters. The first kappa shape index (κ1) is 16.2. The first-order chi connectivity index (χ1) is 13.8. The van der Waals surface area contributed by atoms with Gasteiger partial charge < -0.3 is 4.74 Å². The molecule has 0 fully saturated rings. The monoisotopic (exact) mass is 365 g/mol. The summed E-state index contributed by atoms with van der Waals surface area (Å²) < 4.78 is 5.60. The maximum atomic E-state index is 9.87. The highest BCUT2D eigenvalue weighted by molar-refractivity contribution is 5.90. The Morgan fingerprint density at radius 2 is 1.82 bits per heavy atom. The Morgan fingerprint density at radius 3 is 2.64 bits per heavy atom. The van der Waals surface area contributed by atoms with E-state index >= 15 is 0 Å². The van der Waals surface area contributed by atoms with E-state index in [4.69, 9.17) is 10.1 Å². The summed E-state index contributed by atoms with van der Waals surface area (Å²) in [6.45, 7) is 0. The summed E-state index contributed by atoms with van der Waals surface area (Å²) in [7, 11) is 0. The number of fused-ring (bicyclic) bond motifs is 2. The Balaban J connectivity index is 1.81. The Morgan fingerprint density at radius 1 is 1.04 bits per heavy atom. The zero-order valence-corrected chi connectivity index (χ0v) is 14.8. The molecule has 2 atom stereocenters. The van der Waals surface area contributed by atoms with Crippen LogP contribution in [-0.2, 0) is 0 Å². The number of benzene rings is 2. The summed E-state index contributed by atoms with van der Waals surface area (Å²) >= 11 is 0. The number of aromatic amines is 1. The molecular weight excluding hydrogens is 350 g/mol. The summed E-state index contributed by atoms with van der Waals surface area (Å²) in [5, 5.41) is 26.4. The second kappa shape index (κ2) is 6.32. The molecule has 0 spiro atoms. The number of para-hydroxylation sites is 1. The number of nitrogens with one attached hydrogen (secondary N) is 2. The standard InChI is InChI=1S/C22H15N5O/c23-12-16-18(15-10-11-25-17-9-5-4-8-14(15)17)19-20(13-6-2-1-3-7-13)26-27-22(19)28-21(16)24/h1-11,16,18,24H,(H,26,27). The minimum absolute atomic E-state index is 0.0907. The number of ether oxygens (including phenoxy) is 1. The van der Waals surface area contributed by atoms with E-state index in [1.165, 1.54) is 0 Å². The number of nitrogens with zero attached hydrogens (tertiary/aromatic N) is 3. The van der Waals surface area contributed by atoms with Gasteiger partial charge in [0, 0.05) is 17.5 Å². The van der Waals surface area contributed by atoms with Crippen LogP contribution in [0.5, 0.6) is 5.88 Å². The maximum absolute atomic E-state index is 9.87. The zero-order valence-electron chi connectivity index (χ0n) is 14.8. The van der Waals surface area contributed by atoms with Gasteiger partial charge in [-0.3, -0.25) is 15.5 Å². The lowest BCUT2D eigenvalue weighted by Gasteiger charge is -2.28. The largest absolute Gasteiger partial charge is 0.422 e. The Kier molecular flexibility index (Phi) is 3.66. The summed E-state index contributed by atoms with van der Waals surface area (Å²) in [6.07, 6.45) is 1.74. The highest BCUT2D eigenvalue weighted by atomic mass is 16.5. The number of hydrogen-bond donors (Lipinski definition) is 2. The number of nitriles is 1. The molecule has 0 saturated carbocycles. The van der Waals surface area contributed by atoms with Crippen molar-refractivity contribution in [1.29, 1.82) is 10.7 Å². The van der Waals surface area contributed by atoms with Crippen LogP contribution in [0.15, 0.2) is 66.9 Å². The van der Waals surface area contributed by atoms with Crippen molar-refractivity contribution in [2.24, 2.45) is 5.92 Å². The van der Waals surface area contributed by atoms with E-state index in [9.17, 15) is 5.26 Å². The van der Waals surface area contributed by atoms with E-state index in [2.05, 4.69) is 21.3 Å². The molecule has 134 valence electrons. The quantitative estimate of drug-likeness (QED) is 0.554. The van der Waals surface area contributed by atoms with Gasteiger partial charge in [0.15, 0.2) is 0 Å². The molecule has 2 aromatic carbocycles. The fourth-order valence-corrected chi connectivity index (χ4v) is 3.87. The van der Waals surface area contributed by atoms with Crippen molar-refractivity contribution in [3.8, 4) is 23.2 Å². The lowest BCUT2D eigenvalue weighted by Crippen LogP contribution is -2.31. The van der Waals surface area contributed by atoms with Crippen molar-refractivity contribution in [3.05, 3.63) is 78.0 Å². The Hall–Kier alpha value is -3.98. The summed E-state index contributed by atoms with van der Waals surface area (Å²) in [4.78, 5) is 4.44. The normalized spacial score (nSPS) is 18.3. The minimum atomic E-state index is -0.752. The molecule has 1 aliphatic rings. The average molecular weight is 365 g/mol. The van der Waals surface area contributed by atoms with Crippen LogP contribution in [0.3, 0.4) is 0 Å². The number of aromatic nitrogens is 3. The third-order valence-corrected chi connectivity index (χ3v) is 5.12. The molecule has 6 heteroatoms. The van der Waals surface area contributed by atoms with Crippen LogP contribution in [0.4, 0.5) is 0 Å². The highest BCUT2D eigenvalue weighted by Crippen LogP contribution is 2.46. The van der Waals surface area contributed by atoms with Crippen molar-refractivity contribution < 1.29 is 4.74 Å². The third kappa shape index (κ3) is 2.37. The number of H-pyrrole nitrogens is 1. The number of hydrogen-bond acceptors (Lipinski definition) is 5. The lowest BCUT2D eigenvalue weighted by molar-refractivity contribution is 0.438. The first-order valence-electron chi connectivity index (χ1n) is 8.91. The van der Waals surface area contributed by atoms with Gasteiger partial charge >= 0.3 is 0 Å². The van der Waals surface area contributed by atoms with E-state index in [1.807, 2.05) is 60.7 Å². The molecule has 28 heavy (non-hydrogen) atoms. The van der Waals surface area contributed by atoms with Crippen LogP contribution >= 0.6 is 0 Å². The van der Waals surface area contributed by atoms with Crippen LogP contribution in [0.1, 0.15) is 17.0 Å². The highest BCUT2D eigenvalue weighted by Gasteiger charge is 2.41. The smallest absolute Gasteiger partial charge is 0.244 e. The van der Waals surface area contributed by atoms with Crippen molar-refractivity contribution in [2.75, 3.05) is 0 Å². The molecule has 2 N–H and O–H groups in total. The van der Waals surface area contributed by atoms with Crippen LogP contribution < -0.4 is 4.74 Å². The van der Waals surface area contributed by atoms with Crippen LogP contribution in [0.25, 0.3) is 22.2 Å². The summed E-state index contributed by atoms with van der Waals surface area (Å²) in [5.41, 5.74) is 4.33. The number of pyridine rings is 1. The molecule has 5 rings (SSSR count). The van der Waals surface area contributed by atoms with Gasteiger partial charge in [-0.2, -0.15) is 5.26 Å². The molecule has 0 saturated heterocycles. The topological polar surface area (TPSA) is 98.4 Å². The van der Waals surface area contributed by atoms with E-state index in [1.54, 1.807) is 6.20 Å². The SMILES string of the molecule is N#CC1C(=N)Oc2n[nH]c(-c3ccccc3)c2C1c1ccnc2ccccc12. The van der Waals surface area contributed by atoms with Gasteiger partial charge in [0.05, 0.1) is 22.8 Å². The molecule has 3 heterocycles. The lowest BCUT2D eigenvalue weighted by atomic mass is 9.78. The van der Waals surface area contributed by atoms with Gasteiger partial charge in [0.25, 0.3) is 0 Å². The van der Waals surface area contributed by atoms with Crippen molar-refractivity contribution in [3.63, 3.8) is 0 Å². The van der Waals surface area contributed by atoms with E-state index in [-0.39, 0.29) is 11.8 Å². The second-order valence-electron chi connectivity index (χ2n) is 6.65. The van der Waals surface area contributed by atoms with Crippen molar-refractivity contribution in [2.45, 2.75) is 5.92 Å². The van der Waals surface area contributed by atoms with E-state index in [0.29, 0.717) is 5.88 Å². The van der Waals surface area contributed by atoms with Crippen LogP contribution in [0.2, 0.25) is 0 Å². The summed E-state index contributed by atoms with van der Waals surface area (Å²) in [5.74, 6) is -0.880. The third-order valence-electron chi connectivity index (χ3n) is 5.12. The van der Waals surface area contributed by atoms with Crippen molar-refractivity contribution in [1.82, 2.24) is 15.2 Å². The van der Waals surface area contributed by atoms with E-state index < -0.39 is 5.92 Å². The van der Waals surface area contributed by atoms with Crippen LogP contribution in [0, 0.1) is 22.7 Å². The Bertz CT molecular complexity index is 1230. The zero-order chi connectivity index (χ0) is 19.1. The predicted octanol–water partition coefficient (Wildman–Crippen LogP) is 4.27. The molecular formula is C22H15N5O. The second-order valence-corrected chi connectivity index (χ2v) is 6.65. The fraction of sp³-hybridized carbons (Fsp3) is 0.0909. The molecule has 0 aliphatic carbocycles. The molecule has 0 bridgehead atoms.